The Morgan fingerprint density at radius 3 is 2.69 bits per heavy atom. The van der Waals surface area contributed by atoms with Crippen molar-refractivity contribution in [2.75, 3.05) is 5.73 Å². The summed E-state index contributed by atoms with van der Waals surface area (Å²) in [4.78, 5) is 4.06. The largest absolute Gasteiger partial charge is 0.396 e. The van der Waals surface area contributed by atoms with E-state index in [1.807, 2.05) is 12.3 Å². The van der Waals surface area contributed by atoms with Crippen molar-refractivity contribution in [3.8, 4) is 0 Å². The molecule has 0 unspecified atom stereocenters. The Kier molecular flexibility index (Phi) is 2.40. The first-order valence-electron chi connectivity index (χ1n) is 4.68. The third-order valence-electron chi connectivity index (χ3n) is 2.71. The number of halogens is 1. The van der Waals surface area contributed by atoms with E-state index < -0.39 is 0 Å². The molecule has 1 aliphatic rings. The minimum absolute atomic E-state index is 0.418. The van der Waals surface area contributed by atoms with Crippen LogP contribution < -0.4 is 5.73 Å². The summed E-state index contributed by atoms with van der Waals surface area (Å²) in [6, 6.07) is 1.96. The van der Waals surface area contributed by atoms with Crippen molar-refractivity contribution >= 4 is 17.3 Å². The van der Waals surface area contributed by atoms with Gasteiger partial charge in [-0.25, -0.2) is 4.98 Å². The molecule has 70 valence electrons. The summed E-state index contributed by atoms with van der Waals surface area (Å²) in [7, 11) is 0. The molecule has 2 N–H and O–H groups in total. The second-order valence-corrected chi connectivity index (χ2v) is 3.99. The van der Waals surface area contributed by atoms with E-state index in [4.69, 9.17) is 17.3 Å². The van der Waals surface area contributed by atoms with Gasteiger partial charge in [0.15, 0.2) is 5.15 Å². The zero-order chi connectivity index (χ0) is 9.26. The number of hydrogen-bond donors (Lipinski definition) is 1. The van der Waals surface area contributed by atoms with Crippen molar-refractivity contribution in [3.05, 3.63) is 23.0 Å². The normalized spacial score (nSPS) is 17.9. The van der Waals surface area contributed by atoms with Gasteiger partial charge in [0, 0.05) is 6.20 Å². The van der Waals surface area contributed by atoms with E-state index in [1.54, 1.807) is 0 Å². The van der Waals surface area contributed by atoms with Gasteiger partial charge in [-0.1, -0.05) is 24.4 Å². The summed E-state index contributed by atoms with van der Waals surface area (Å²) in [6.07, 6.45) is 7.04. The maximum Gasteiger partial charge on any atom is 0.151 e. The van der Waals surface area contributed by atoms with E-state index in [-0.39, 0.29) is 0 Å². The van der Waals surface area contributed by atoms with Gasteiger partial charge in [0.05, 0.1) is 5.69 Å². The van der Waals surface area contributed by atoms with Crippen molar-refractivity contribution in [3.63, 3.8) is 0 Å². The van der Waals surface area contributed by atoms with Gasteiger partial charge < -0.3 is 5.73 Å². The van der Waals surface area contributed by atoms with Gasteiger partial charge in [-0.15, -0.1) is 0 Å². The molecule has 1 saturated carbocycles. The molecule has 3 heteroatoms. The SMILES string of the molecule is Nc1cc(C2CCCC2)cnc1Cl. The molecule has 0 bridgehead atoms. The van der Waals surface area contributed by atoms with Gasteiger partial charge in [-0.2, -0.15) is 0 Å². The molecule has 1 fully saturated rings. The number of hydrogen-bond acceptors (Lipinski definition) is 2. The quantitative estimate of drug-likeness (QED) is 0.702. The van der Waals surface area contributed by atoms with Crippen molar-refractivity contribution in [2.45, 2.75) is 31.6 Å². The Bertz CT molecular complexity index is 306. The lowest BCUT2D eigenvalue weighted by Crippen LogP contribution is -1.97. The molecule has 1 heterocycles. The highest BCUT2D eigenvalue weighted by Crippen LogP contribution is 2.35. The predicted octanol–water partition coefficient (Wildman–Crippen LogP) is 2.97. The van der Waals surface area contributed by atoms with Crippen LogP contribution in [0, 0.1) is 0 Å². The highest BCUT2D eigenvalue weighted by atomic mass is 35.5. The Morgan fingerprint density at radius 2 is 2.08 bits per heavy atom. The third-order valence-corrected chi connectivity index (χ3v) is 3.03. The van der Waals surface area contributed by atoms with Crippen LogP contribution in [-0.2, 0) is 0 Å². The average Bonchev–Trinajstić information content (AvgIpc) is 2.62. The minimum Gasteiger partial charge on any atom is -0.396 e. The number of aromatic nitrogens is 1. The molecule has 2 nitrogen and oxygen atoms in total. The van der Waals surface area contributed by atoms with Crippen LogP contribution in [0.25, 0.3) is 0 Å². The molecule has 1 aliphatic carbocycles. The van der Waals surface area contributed by atoms with E-state index in [2.05, 4.69) is 4.98 Å². The lowest BCUT2D eigenvalue weighted by Gasteiger charge is -2.09. The maximum atomic E-state index is 5.75. The summed E-state index contributed by atoms with van der Waals surface area (Å²) in [6.45, 7) is 0. The summed E-state index contributed by atoms with van der Waals surface area (Å²) < 4.78 is 0. The monoisotopic (exact) mass is 196 g/mol. The molecule has 0 radical (unpaired) electrons. The molecule has 0 spiro atoms. The first kappa shape index (κ1) is 8.82. The summed E-state index contributed by atoms with van der Waals surface area (Å²) in [5.41, 5.74) is 7.55. The van der Waals surface area contributed by atoms with Crippen molar-refractivity contribution in [1.29, 1.82) is 0 Å². The number of rotatable bonds is 1. The highest BCUT2D eigenvalue weighted by Gasteiger charge is 2.17. The predicted molar refractivity (Wildman–Crippen MR) is 54.9 cm³/mol. The van der Waals surface area contributed by atoms with Gasteiger partial charge in [0.2, 0.25) is 0 Å². The van der Waals surface area contributed by atoms with Crippen LogP contribution in [0.15, 0.2) is 12.3 Å². The lowest BCUT2D eigenvalue weighted by molar-refractivity contribution is 0.720. The molecular formula is C10H13ClN2. The lowest BCUT2D eigenvalue weighted by atomic mass is 9.99. The van der Waals surface area contributed by atoms with Crippen LogP contribution in [0.5, 0.6) is 0 Å². The zero-order valence-corrected chi connectivity index (χ0v) is 8.22. The molecule has 0 aromatic carbocycles. The molecule has 0 amide bonds. The second-order valence-electron chi connectivity index (χ2n) is 3.63. The van der Waals surface area contributed by atoms with Crippen molar-refractivity contribution in [2.24, 2.45) is 0 Å². The van der Waals surface area contributed by atoms with E-state index >= 15 is 0 Å². The van der Waals surface area contributed by atoms with Gasteiger partial charge >= 0.3 is 0 Å². The number of nitrogens with zero attached hydrogens (tertiary/aromatic N) is 1. The third kappa shape index (κ3) is 1.78. The van der Waals surface area contributed by atoms with Crippen molar-refractivity contribution in [1.82, 2.24) is 4.98 Å². The highest BCUT2D eigenvalue weighted by molar-refractivity contribution is 6.31. The van der Waals surface area contributed by atoms with Gasteiger partial charge in [0.1, 0.15) is 0 Å². The number of nitrogens with two attached hydrogens (primary N) is 1. The number of nitrogen functional groups attached to an aromatic ring is 1. The Labute approximate surface area is 83.1 Å². The van der Waals surface area contributed by atoms with Gasteiger partial charge in [-0.05, 0) is 30.4 Å². The Hall–Kier alpha value is -0.760. The molecule has 2 rings (SSSR count). The van der Waals surface area contributed by atoms with Gasteiger partial charge in [0.25, 0.3) is 0 Å². The van der Waals surface area contributed by atoms with Crippen LogP contribution in [0.1, 0.15) is 37.2 Å². The van der Waals surface area contributed by atoms with Crippen LogP contribution in [0.2, 0.25) is 5.15 Å². The van der Waals surface area contributed by atoms with Gasteiger partial charge in [-0.3, -0.25) is 0 Å². The standard InChI is InChI=1S/C10H13ClN2/c11-10-9(12)5-8(6-13-10)7-3-1-2-4-7/h5-7H,1-4,12H2. The van der Waals surface area contributed by atoms with E-state index in [0.717, 1.165) is 0 Å². The smallest absolute Gasteiger partial charge is 0.151 e. The Balaban J connectivity index is 2.25. The molecule has 0 atom stereocenters. The van der Waals surface area contributed by atoms with Crippen LogP contribution >= 0.6 is 11.6 Å². The fourth-order valence-corrected chi connectivity index (χ4v) is 2.07. The maximum absolute atomic E-state index is 5.75. The van der Waals surface area contributed by atoms with Crippen molar-refractivity contribution < 1.29 is 0 Å². The molecule has 1 aromatic rings. The topological polar surface area (TPSA) is 38.9 Å². The van der Waals surface area contributed by atoms with Crippen LogP contribution in [0.3, 0.4) is 0 Å². The fourth-order valence-electron chi connectivity index (χ4n) is 1.96. The van der Waals surface area contributed by atoms with Crippen LogP contribution in [0.4, 0.5) is 5.69 Å². The second kappa shape index (κ2) is 3.54. The van der Waals surface area contributed by atoms with E-state index in [9.17, 15) is 0 Å². The summed E-state index contributed by atoms with van der Waals surface area (Å²) in [5.74, 6) is 0.659. The molecule has 13 heavy (non-hydrogen) atoms. The minimum atomic E-state index is 0.418. The fraction of sp³-hybridized carbons (Fsp3) is 0.500. The number of anilines is 1. The molecule has 0 aliphatic heterocycles. The molecular weight excluding hydrogens is 184 g/mol. The van der Waals surface area contributed by atoms with Crippen LogP contribution in [-0.4, -0.2) is 4.98 Å². The zero-order valence-electron chi connectivity index (χ0n) is 7.46. The first-order valence-corrected chi connectivity index (χ1v) is 5.06. The van der Waals surface area contributed by atoms with E-state index in [0.29, 0.717) is 16.8 Å². The molecule has 1 aromatic heterocycles. The summed E-state index contributed by atoms with van der Waals surface area (Å²) >= 11 is 5.75. The summed E-state index contributed by atoms with van der Waals surface area (Å²) in [5, 5.41) is 0.418. The first-order chi connectivity index (χ1) is 6.27. The Morgan fingerprint density at radius 1 is 1.38 bits per heavy atom. The average molecular weight is 197 g/mol. The molecule has 0 saturated heterocycles. The number of pyridine rings is 1. The van der Waals surface area contributed by atoms with E-state index in [1.165, 1.54) is 31.2 Å².